The van der Waals surface area contributed by atoms with E-state index >= 15 is 0 Å². The fourth-order valence-corrected chi connectivity index (χ4v) is 1.74. The highest BCUT2D eigenvalue weighted by atomic mass is 79.9. The maximum Gasteiger partial charge on any atom is 0.123 e. The zero-order chi connectivity index (χ0) is 13.2. The second-order valence-electron chi connectivity index (χ2n) is 3.81. The molecule has 0 amide bonds. The number of hydrogen-bond acceptors (Lipinski definition) is 3. The third kappa shape index (κ3) is 5.65. The molecule has 0 aliphatic rings. The number of benzene rings is 1. The van der Waals surface area contributed by atoms with Crippen LogP contribution in [0.2, 0.25) is 0 Å². The van der Waals surface area contributed by atoms with Crippen LogP contribution in [0.4, 0.5) is 0 Å². The average Bonchev–Trinajstić information content (AvgIpc) is 2.37. The Labute approximate surface area is 117 Å². The van der Waals surface area contributed by atoms with Crippen LogP contribution in [0, 0.1) is 6.92 Å². The Bertz CT molecular complexity index is 380. The quantitative estimate of drug-likeness (QED) is 0.542. The second-order valence-corrected chi connectivity index (χ2v) is 4.67. The smallest absolute Gasteiger partial charge is 0.123 e. The summed E-state index contributed by atoms with van der Waals surface area (Å²) in [4.78, 5) is 4.24. The molecular formula is C14H20BrNO2. The van der Waals surface area contributed by atoms with E-state index in [1.54, 1.807) is 0 Å². The lowest BCUT2D eigenvalue weighted by atomic mass is 10.2. The molecule has 0 bridgehead atoms. The molecule has 18 heavy (non-hydrogen) atoms. The van der Waals surface area contributed by atoms with E-state index in [2.05, 4.69) is 20.9 Å². The van der Waals surface area contributed by atoms with E-state index in [-0.39, 0.29) is 0 Å². The lowest BCUT2D eigenvalue weighted by Gasteiger charge is -2.09. The van der Waals surface area contributed by atoms with Crippen molar-refractivity contribution in [1.29, 1.82) is 0 Å². The van der Waals surface area contributed by atoms with Crippen LogP contribution in [0.25, 0.3) is 0 Å². The maximum atomic E-state index is 5.71. The summed E-state index contributed by atoms with van der Waals surface area (Å²) in [7, 11) is 0. The fraction of sp³-hybridized carbons (Fsp3) is 0.500. The SMILES string of the molecule is CCOC/C=N/CCCOc1cccc(Br)c1C. The van der Waals surface area contributed by atoms with Crippen LogP contribution >= 0.6 is 15.9 Å². The first-order valence-corrected chi connectivity index (χ1v) is 6.99. The highest BCUT2D eigenvalue weighted by Crippen LogP contribution is 2.25. The molecule has 0 atom stereocenters. The Balaban J connectivity index is 2.18. The van der Waals surface area contributed by atoms with Crippen LogP contribution in [0.15, 0.2) is 27.7 Å². The summed E-state index contributed by atoms with van der Waals surface area (Å²) in [5.74, 6) is 0.933. The number of halogens is 1. The van der Waals surface area contributed by atoms with Crippen LogP contribution in [-0.2, 0) is 4.74 Å². The molecule has 100 valence electrons. The van der Waals surface area contributed by atoms with Gasteiger partial charge in [-0.3, -0.25) is 4.99 Å². The van der Waals surface area contributed by atoms with Crippen molar-refractivity contribution in [2.45, 2.75) is 20.3 Å². The van der Waals surface area contributed by atoms with Gasteiger partial charge in [0.1, 0.15) is 5.75 Å². The standard InChI is InChI=1S/C14H20BrNO2/c1-3-17-11-9-16-8-5-10-18-14-7-4-6-13(15)12(14)2/h4,6-7,9H,3,5,8,10-11H2,1-2H3/b16-9+. The van der Waals surface area contributed by atoms with E-state index < -0.39 is 0 Å². The van der Waals surface area contributed by atoms with Gasteiger partial charge in [0.05, 0.1) is 13.2 Å². The molecule has 0 heterocycles. The largest absolute Gasteiger partial charge is 0.493 e. The van der Waals surface area contributed by atoms with Crippen LogP contribution in [0.5, 0.6) is 5.75 Å². The highest BCUT2D eigenvalue weighted by molar-refractivity contribution is 9.10. The first kappa shape index (κ1) is 15.2. The van der Waals surface area contributed by atoms with E-state index in [9.17, 15) is 0 Å². The zero-order valence-corrected chi connectivity index (χ0v) is 12.6. The van der Waals surface area contributed by atoms with Crippen molar-refractivity contribution in [2.75, 3.05) is 26.4 Å². The van der Waals surface area contributed by atoms with E-state index in [1.807, 2.05) is 38.3 Å². The predicted octanol–water partition coefficient (Wildman–Crippen LogP) is 3.63. The molecule has 0 spiro atoms. The van der Waals surface area contributed by atoms with Crippen LogP contribution in [0.3, 0.4) is 0 Å². The number of nitrogens with zero attached hydrogens (tertiary/aromatic N) is 1. The first-order chi connectivity index (χ1) is 8.75. The van der Waals surface area contributed by atoms with Crippen molar-refractivity contribution in [3.05, 3.63) is 28.2 Å². The minimum atomic E-state index is 0.599. The molecule has 4 heteroatoms. The van der Waals surface area contributed by atoms with Crippen molar-refractivity contribution in [1.82, 2.24) is 0 Å². The molecule has 0 aliphatic heterocycles. The van der Waals surface area contributed by atoms with Gasteiger partial charge >= 0.3 is 0 Å². The van der Waals surface area contributed by atoms with Crippen LogP contribution in [-0.4, -0.2) is 32.6 Å². The first-order valence-electron chi connectivity index (χ1n) is 6.19. The average molecular weight is 314 g/mol. The molecule has 3 nitrogen and oxygen atoms in total. The van der Waals surface area contributed by atoms with Crippen LogP contribution in [0.1, 0.15) is 18.9 Å². The van der Waals surface area contributed by atoms with E-state index in [4.69, 9.17) is 9.47 Å². The Hall–Kier alpha value is -0.870. The number of ether oxygens (including phenoxy) is 2. The number of hydrogen-bond donors (Lipinski definition) is 0. The molecule has 0 fully saturated rings. The summed E-state index contributed by atoms with van der Waals surface area (Å²) >= 11 is 3.49. The van der Waals surface area contributed by atoms with E-state index in [1.165, 1.54) is 0 Å². The van der Waals surface area contributed by atoms with Gasteiger partial charge in [0.2, 0.25) is 0 Å². The third-order valence-corrected chi connectivity index (χ3v) is 3.29. The Kier molecular flexibility index (Phi) is 7.69. The third-order valence-electron chi connectivity index (χ3n) is 2.43. The van der Waals surface area contributed by atoms with Crippen molar-refractivity contribution in [3.63, 3.8) is 0 Å². The fourth-order valence-electron chi connectivity index (χ4n) is 1.40. The molecule has 0 saturated carbocycles. The van der Waals surface area contributed by atoms with Crippen LogP contribution < -0.4 is 4.74 Å². The maximum absolute atomic E-state index is 5.71. The van der Waals surface area contributed by atoms with Gasteiger partial charge in [-0.15, -0.1) is 0 Å². The van der Waals surface area contributed by atoms with Gasteiger partial charge in [-0.2, -0.15) is 0 Å². The topological polar surface area (TPSA) is 30.8 Å². The molecule has 1 rings (SSSR count). The number of rotatable bonds is 8. The van der Waals surface area contributed by atoms with Gasteiger partial charge in [0.25, 0.3) is 0 Å². The van der Waals surface area contributed by atoms with Gasteiger partial charge in [-0.1, -0.05) is 22.0 Å². The van der Waals surface area contributed by atoms with E-state index in [0.29, 0.717) is 13.2 Å². The summed E-state index contributed by atoms with van der Waals surface area (Å²) in [5, 5.41) is 0. The van der Waals surface area contributed by atoms with Crippen molar-refractivity contribution in [2.24, 2.45) is 4.99 Å². The summed E-state index contributed by atoms with van der Waals surface area (Å²) in [6, 6.07) is 5.98. The van der Waals surface area contributed by atoms with Gasteiger partial charge in [0.15, 0.2) is 0 Å². The monoisotopic (exact) mass is 313 g/mol. The lowest BCUT2D eigenvalue weighted by molar-refractivity contribution is 0.190. The highest BCUT2D eigenvalue weighted by Gasteiger charge is 2.01. The summed E-state index contributed by atoms with van der Waals surface area (Å²) in [6.45, 7) is 6.81. The second kappa shape index (κ2) is 9.11. The van der Waals surface area contributed by atoms with Crippen molar-refractivity contribution in [3.8, 4) is 5.75 Å². The van der Waals surface area contributed by atoms with Gasteiger partial charge < -0.3 is 9.47 Å². The van der Waals surface area contributed by atoms with Crippen molar-refractivity contribution < 1.29 is 9.47 Å². The Morgan fingerprint density at radius 3 is 3.00 bits per heavy atom. The normalized spacial score (nSPS) is 11.1. The lowest BCUT2D eigenvalue weighted by Crippen LogP contribution is -2.01. The molecule has 0 radical (unpaired) electrons. The van der Waals surface area contributed by atoms with Crippen molar-refractivity contribution >= 4 is 22.1 Å². The summed E-state index contributed by atoms with van der Waals surface area (Å²) in [6.07, 6.45) is 2.72. The van der Waals surface area contributed by atoms with Gasteiger partial charge in [-0.05, 0) is 26.0 Å². The van der Waals surface area contributed by atoms with E-state index in [0.717, 1.165) is 35.4 Å². The molecular weight excluding hydrogens is 294 g/mol. The minimum absolute atomic E-state index is 0.599. The summed E-state index contributed by atoms with van der Waals surface area (Å²) in [5.41, 5.74) is 1.14. The molecule has 0 unspecified atom stereocenters. The van der Waals surface area contributed by atoms with Gasteiger partial charge in [-0.25, -0.2) is 0 Å². The predicted molar refractivity (Wildman–Crippen MR) is 78.8 cm³/mol. The molecule has 0 saturated heterocycles. The van der Waals surface area contributed by atoms with Gasteiger partial charge in [0, 0.05) is 35.8 Å². The Morgan fingerprint density at radius 1 is 1.39 bits per heavy atom. The molecule has 1 aromatic rings. The number of aliphatic imine (C=N–C) groups is 1. The Morgan fingerprint density at radius 2 is 2.22 bits per heavy atom. The minimum Gasteiger partial charge on any atom is -0.493 e. The summed E-state index contributed by atoms with van der Waals surface area (Å²) < 4.78 is 11.9. The molecule has 0 N–H and O–H groups in total. The molecule has 0 aliphatic carbocycles. The molecule has 0 aromatic heterocycles. The zero-order valence-electron chi connectivity index (χ0n) is 11.0. The molecule has 1 aromatic carbocycles.